The molecule has 7 heteroatoms. The molecule has 0 bridgehead atoms. The Morgan fingerprint density at radius 3 is 2.65 bits per heavy atom. The number of aromatic nitrogens is 1. The quantitative estimate of drug-likeness (QED) is 0.885. The third kappa shape index (κ3) is 3.42. The lowest BCUT2D eigenvalue weighted by molar-refractivity contribution is -0.117. The summed E-state index contributed by atoms with van der Waals surface area (Å²) in [5.74, 6) is -0.355. The molecular formula is C19H20N4O3. The van der Waals surface area contributed by atoms with Crippen molar-refractivity contribution in [3.63, 3.8) is 0 Å². The lowest BCUT2D eigenvalue weighted by Crippen LogP contribution is -2.51. The van der Waals surface area contributed by atoms with Gasteiger partial charge in [0.15, 0.2) is 0 Å². The van der Waals surface area contributed by atoms with E-state index in [-0.39, 0.29) is 17.7 Å². The SMILES string of the molecule is CCCC1C(=O)Nc2ccccc2N1C(=O)c1ccc(NC(C)=O)nc1. The summed E-state index contributed by atoms with van der Waals surface area (Å²) in [6.45, 7) is 3.36. The van der Waals surface area contributed by atoms with Crippen molar-refractivity contribution in [1.82, 2.24) is 4.98 Å². The van der Waals surface area contributed by atoms with Crippen LogP contribution in [0.2, 0.25) is 0 Å². The van der Waals surface area contributed by atoms with Gasteiger partial charge in [0.1, 0.15) is 11.9 Å². The van der Waals surface area contributed by atoms with Gasteiger partial charge >= 0.3 is 0 Å². The number of pyridine rings is 1. The molecule has 3 amide bonds. The maximum atomic E-state index is 13.1. The van der Waals surface area contributed by atoms with Crippen molar-refractivity contribution in [1.29, 1.82) is 0 Å². The molecule has 0 fully saturated rings. The number of carbonyl (C=O) groups is 3. The van der Waals surface area contributed by atoms with Gasteiger partial charge in [0.2, 0.25) is 11.8 Å². The molecule has 0 aliphatic carbocycles. The molecule has 1 aliphatic rings. The van der Waals surface area contributed by atoms with Crippen LogP contribution in [-0.4, -0.2) is 28.7 Å². The first-order valence-corrected chi connectivity index (χ1v) is 8.48. The summed E-state index contributed by atoms with van der Waals surface area (Å²) in [5, 5.41) is 5.43. The van der Waals surface area contributed by atoms with E-state index in [2.05, 4.69) is 15.6 Å². The fourth-order valence-electron chi connectivity index (χ4n) is 2.99. The summed E-state index contributed by atoms with van der Waals surface area (Å²) in [4.78, 5) is 42.4. The van der Waals surface area contributed by atoms with E-state index in [1.807, 2.05) is 25.1 Å². The summed E-state index contributed by atoms with van der Waals surface area (Å²) < 4.78 is 0. The van der Waals surface area contributed by atoms with Crippen molar-refractivity contribution in [2.24, 2.45) is 0 Å². The Labute approximate surface area is 151 Å². The van der Waals surface area contributed by atoms with Crippen molar-refractivity contribution in [2.45, 2.75) is 32.7 Å². The normalized spacial score (nSPS) is 15.8. The van der Waals surface area contributed by atoms with Crippen molar-refractivity contribution in [2.75, 3.05) is 15.5 Å². The zero-order valence-corrected chi connectivity index (χ0v) is 14.7. The highest BCUT2D eigenvalue weighted by Crippen LogP contribution is 2.34. The zero-order valence-electron chi connectivity index (χ0n) is 14.7. The van der Waals surface area contributed by atoms with Crippen LogP contribution >= 0.6 is 0 Å². The van der Waals surface area contributed by atoms with Crippen LogP contribution in [0.4, 0.5) is 17.2 Å². The summed E-state index contributed by atoms with van der Waals surface area (Å²) >= 11 is 0. The monoisotopic (exact) mass is 352 g/mol. The van der Waals surface area contributed by atoms with Crippen molar-refractivity contribution < 1.29 is 14.4 Å². The lowest BCUT2D eigenvalue weighted by Gasteiger charge is -2.36. The molecule has 1 unspecified atom stereocenters. The first-order chi connectivity index (χ1) is 12.5. The Hall–Kier alpha value is -3.22. The van der Waals surface area contributed by atoms with Gasteiger partial charge < -0.3 is 10.6 Å². The van der Waals surface area contributed by atoms with Gasteiger partial charge in [0.25, 0.3) is 5.91 Å². The van der Waals surface area contributed by atoms with Gasteiger partial charge in [-0.05, 0) is 30.7 Å². The molecule has 2 N–H and O–H groups in total. The molecule has 26 heavy (non-hydrogen) atoms. The second-order valence-electron chi connectivity index (χ2n) is 6.10. The number of carbonyl (C=O) groups excluding carboxylic acids is 3. The van der Waals surface area contributed by atoms with Crippen molar-refractivity contribution in [3.05, 3.63) is 48.2 Å². The van der Waals surface area contributed by atoms with Gasteiger partial charge in [-0.15, -0.1) is 0 Å². The number of benzene rings is 1. The number of nitrogens with zero attached hydrogens (tertiary/aromatic N) is 2. The highest BCUT2D eigenvalue weighted by Gasteiger charge is 2.36. The third-order valence-corrected chi connectivity index (χ3v) is 4.13. The number of nitrogens with one attached hydrogen (secondary N) is 2. The van der Waals surface area contributed by atoms with Crippen LogP contribution in [0.5, 0.6) is 0 Å². The number of amides is 3. The molecule has 0 saturated carbocycles. The van der Waals surface area contributed by atoms with Gasteiger partial charge in [-0.25, -0.2) is 4.98 Å². The topological polar surface area (TPSA) is 91.4 Å². The van der Waals surface area contributed by atoms with Crippen molar-refractivity contribution >= 4 is 34.9 Å². The molecule has 0 spiro atoms. The minimum Gasteiger partial charge on any atom is -0.322 e. The van der Waals surface area contributed by atoms with Crippen LogP contribution in [0.25, 0.3) is 0 Å². The number of fused-ring (bicyclic) bond motifs is 1. The maximum Gasteiger partial charge on any atom is 0.260 e. The fraction of sp³-hybridized carbons (Fsp3) is 0.263. The van der Waals surface area contributed by atoms with Crippen molar-refractivity contribution in [3.8, 4) is 0 Å². The van der Waals surface area contributed by atoms with E-state index in [4.69, 9.17) is 0 Å². The molecule has 0 saturated heterocycles. The Morgan fingerprint density at radius 2 is 2.00 bits per heavy atom. The Bertz CT molecular complexity index is 848. The largest absolute Gasteiger partial charge is 0.322 e. The average molecular weight is 352 g/mol. The maximum absolute atomic E-state index is 13.1. The summed E-state index contributed by atoms with van der Waals surface area (Å²) in [5.41, 5.74) is 1.63. The summed E-state index contributed by atoms with van der Waals surface area (Å²) in [6.07, 6.45) is 2.73. The van der Waals surface area contributed by atoms with Gasteiger partial charge in [-0.3, -0.25) is 19.3 Å². The van der Waals surface area contributed by atoms with Gasteiger partial charge in [0.05, 0.1) is 16.9 Å². The molecule has 3 rings (SSSR count). The van der Waals surface area contributed by atoms with E-state index in [1.54, 1.807) is 18.2 Å². The van der Waals surface area contributed by atoms with E-state index in [0.717, 1.165) is 6.42 Å². The molecular weight excluding hydrogens is 332 g/mol. The van der Waals surface area contributed by atoms with E-state index in [1.165, 1.54) is 18.0 Å². The molecule has 1 aromatic carbocycles. The third-order valence-electron chi connectivity index (χ3n) is 4.13. The number of hydrogen-bond donors (Lipinski definition) is 2. The molecule has 134 valence electrons. The molecule has 1 atom stereocenters. The van der Waals surface area contributed by atoms with Gasteiger partial charge in [-0.2, -0.15) is 0 Å². The van der Waals surface area contributed by atoms with Crippen LogP contribution in [0.1, 0.15) is 37.0 Å². The molecule has 1 aliphatic heterocycles. The molecule has 7 nitrogen and oxygen atoms in total. The van der Waals surface area contributed by atoms with Crippen LogP contribution in [0, 0.1) is 0 Å². The molecule has 2 aromatic rings. The smallest absolute Gasteiger partial charge is 0.260 e. The zero-order chi connectivity index (χ0) is 18.7. The standard InChI is InChI=1S/C19H20N4O3/c1-3-6-16-18(25)22-14-7-4-5-8-15(14)23(16)19(26)13-9-10-17(20-11-13)21-12(2)24/h4-5,7-11,16H,3,6H2,1-2H3,(H,22,25)(H,20,21,24). The van der Waals surface area contributed by atoms with Crippen LogP contribution in [0.3, 0.4) is 0 Å². The van der Waals surface area contributed by atoms with E-state index in [0.29, 0.717) is 29.2 Å². The van der Waals surface area contributed by atoms with Crippen LogP contribution in [-0.2, 0) is 9.59 Å². The first-order valence-electron chi connectivity index (χ1n) is 8.48. The number of rotatable bonds is 4. The number of para-hydroxylation sites is 2. The number of anilines is 3. The van der Waals surface area contributed by atoms with E-state index >= 15 is 0 Å². The highest BCUT2D eigenvalue weighted by molar-refractivity contribution is 6.16. The Balaban J connectivity index is 1.97. The second-order valence-corrected chi connectivity index (χ2v) is 6.10. The molecule has 0 radical (unpaired) electrons. The minimum absolute atomic E-state index is 0.193. The predicted octanol–water partition coefficient (Wildman–Crippen LogP) is 2.81. The van der Waals surface area contributed by atoms with Crippen LogP contribution in [0.15, 0.2) is 42.6 Å². The van der Waals surface area contributed by atoms with E-state index < -0.39 is 6.04 Å². The number of hydrogen-bond acceptors (Lipinski definition) is 4. The fourth-order valence-corrected chi connectivity index (χ4v) is 2.99. The lowest BCUT2D eigenvalue weighted by atomic mass is 10.0. The second kappa shape index (κ2) is 7.35. The minimum atomic E-state index is -0.572. The molecule has 2 heterocycles. The van der Waals surface area contributed by atoms with E-state index in [9.17, 15) is 14.4 Å². The molecule has 1 aromatic heterocycles. The Kier molecular flexibility index (Phi) is 4.97. The Morgan fingerprint density at radius 1 is 1.23 bits per heavy atom. The summed E-state index contributed by atoms with van der Waals surface area (Å²) in [6, 6.07) is 9.82. The van der Waals surface area contributed by atoms with Gasteiger partial charge in [-0.1, -0.05) is 25.5 Å². The summed E-state index contributed by atoms with van der Waals surface area (Å²) in [7, 11) is 0. The predicted molar refractivity (Wildman–Crippen MR) is 99.1 cm³/mol. The average Bonchev–Trinajstić information content (AvgIpc) is 2.62. The van der Waals surface area contributed by atoms with Gasteiger partial charge in [0, 0.05) is 13.1 Å². The first kappa shape index (κ1) is 17.6. The van der Waals surface area contributed by atoms with Crippen LogP contribution < -0.4 is 15.5 Å². The highest BCUT2D eigenvalue weighted by atomic mass is 16.2.